The van der Waals surface area contributed by atoms with Crippen molar-refractivity contribution in [1.82, 2.24) is 0 Å². The molecule has 35 heavy (non-hydrogen) atoms. The molecule has 1 N–H and O–H groups in total. The molecule has 7 heteroatoms. The number of aryl methyl sites for hydroxylation is 4. The maximum absolute atomic E-state index is 13.4. The number of para-hydroxylation sites is 2. The summed E-state index contributed by atoms with van der Waals surface area (Å²) in [7, 11) is -3.70. The molecule has 0 aromatic heterocycles. The molecule has 0 aliphatic carbocycles. The van der Waals surface area contributed by atoms with Gasteiger partial charge in [0.05, 0.1) is 10.6 Å². The lowest BCUT2D eigenvalue weighted by Crippen LogP contribution is -2.35. The highest BCUT2D eigenvalue weighted by molar-refractivity contribution is 7.92. The Morgan fingerprint density at radius 1 is 1.00 bits per heavy atom. The third-order valence-electron chi connectivity index (χ3n) is 6.42. The third kappa shape index (κ3) is 5.20. The first kappa shape index (κ1) is 24.8. The van der Waals surface area contributed by atoms with E-state index in [2.05, 4.69) is 19.2 Å². The summed E-state index contributed by atoms with van der Waals surface area (Å²) < 4.78 is 34.1. The van der Waals surface area contributed by atoms with E-state index in [1.807, 2.05) is 42.5 Å². The minimum atomic E-state index is -3.70. The topological polar surface area (TPSA) is 75.7 Å². The van der Waals surface area contributed by atoms with Crippen LogP contribution >= 0.6 is 0 Å². The van der Waals surface area contributed by atoms with E-state index in [0.717, 1.165) is 53.7 Å². The van der Waals surface area contributed by atoms with Gasteiger partial charge in [0.1, 0.15) is 5.75 Å². The Bertz CT molecular complexity index is 1310. The second kappa shape index (κ2) is 10.5. The summed E-state index contributed by atoms with van der Waals surface area (Å²) in [6.07, 6.45) is 3.30. The van der Waals surface area contributed by atoms with Crippen LogP contribution in [-0.2, 0) is 34.1 Å². The maximum atomic E-state index is 13.4. The van der Waals surface area contributed by atoms with Gasteiger partial charge in [0.15, 0.2) is 6.61 Å². The summed E-state index contributed by atoms with van der Waals surface area (Å²) in [6.45, 7) is 6.20. The van der Waals surface area contributed by atoms with E-state index in [9.17, 15) is 13.2 Å². The Morgan fingerprint density at radius 3 is 2.40 bits per heavy atom. The van der Waals surface area contributed by atoms with Crippen molar-refractivity contribution >= 4 is 27.3 Å². The van der Waals surface area contributed by atoms with Gasteiger partial charge in [-0.3, -0.25) is 9.10 Å². The van der Waals surface area contributed by atoms with Crippen molar-refractivity contribution in [2.24, 2.45) is 0 Å². The molecule has 0 spiro atoms. The first-order chi connectivity index (χ1) is 16.8. The second-order valence-electron chi connectivity index (χ2n) is 8.73. The molecule has 1 aliphatic rings. The van der Waals surface area contributed by atoms with Gasteiger partial charge in [-0.2, -0.15) is 0 Å². The molecule has 184 valence electrons. The van der Waals surface area contributed by atoms with Crippen molar-refractivity contribution in [1.29, 1.82) is 0 Å². The quantitative estimate of drug-likeness (QED) is 0.464. The predicted octanol–water partition coefficient (Wildman–Crippen LogP) is 5.28. The highest BCUT2D eigenvalue weighted by Gasteiger charge is 2.29. The van der Waals surface area contributed by atoms with Gasteiger partial charge < -0.3 is 10.1 Å². The molecule has 1 amide bonds. The minimum Gasteiger partial charge on any atom is -0.483 e. The normalized spacial score (nSPS) is 13.3. The standard InChI is InChI=1S/C28H32N2O4S/c1-4-21-11-8-12-22(5-2)28(21)29-27(31)19-34-26-16-15-24(18-20(26)3)35(32,33)30-17-9-13-23-10-6-7-14-25(23)30/h6-8,10-12,14-16,18H,4-5,9,13,17,19H2,1-3H3,(H,29,31). The number of carbonyl (C=O) groups excluding carboxylic acids is 1. The van der Waals surface area contributed by atoms with Crippen LogP contribution in [0.1, 0.15) is 42.5 Å². The molecule has 1 heterocycles. The second-order valence-corrected chi connectivity index (χ2v) is 10.6. The molecule has 0 atom stereocenters. The number of hydrogen-bond donors (Lipinski definition) is 1. The van der Waals surface area contributed by atoms with Gasteiger partial charge in [-0.15, -0.1) is 0 Å². The van der Waals surface area contributed by atoms with Gasteiger partial charge in [0.25, 0.3) is 15.9 Å². The largest absolute Gasteiger partial charge is 0.483 e. The van der Waals surface area contributed by atoms with Crippen molar-refractivity contribution in [2.45, 2.75) is 51.3 Å². The number of amides is 1. The zero-order valence-electron chi connectivity index (χ0n) is 20.5. The molecule has 0 fully saturated rings. The van der Waals surface area contributed by atoms with E-state index in [-0.39, 0.29) is 17.4 Å². The summed E-state index contributed by atoms with van der Waals surface area (Å²) in [5, 5.41) is 2.99. The van der Waals surface area contributed by atoms with Gasteiger partial charge in [-0.25, -0.2) is 8.42 Å². The molecule has 3 aromatic rings. The average molecular weight is 493 g/mol. The van der Waals surface area contributed by atoms with Crippen molar-refractivity contribution in [3.8, 4) is 5.75 Å². The number of fused-ring (bicyclic) bond motifs is 1. The molecule has 0 bridgehead atoms. The van der Waals surface area contributed by atoms with E-state index in [1.54, 1.807) is 25.1 Å². The molecule has 0 saturated carbocycles. The van der Waals surface area contributed by atoms with Gasteiger partial charge >= 0.3 is 0 Å². The molecule has 0 radical (unpaired) electrons. The van der Waals surface area contributed by atoms with Crippen LogP contribution in [0.25, 0.3) is 0 Å². The highest BCUT2D eigenvalue weighted by Crippen LogP contribution is 2.33. The fraction of sp³-hybridized carbons (Fsp3) is 0.321. The lowest BCUT2D eigenvalue weighted by molar-refractivity contribution is -0.118. The maximum Gasteiger partial charge on any atom is 0.264 e. The Hall–Kier alpha value is -3.32. The number of rotatable bonds is 8. The van der Waals surface area contributed by atoms with E-state index in [4.69, 9.17) is 4.74 Å². The Morgan fingerprint density at radius 2 is 1.71 bits per heavy atom. The van der Waals surface area contributed by atoms with Gasteiger partial charge in [0, 0.05) is 12.2 Å². The Labute approximate surface area is 208 Å². The van der Waals surface area contributed by atoms with Crippen molar-refractivity contribution in [2.75, 3.05) is 22.8 Å². The van der Waals surface area contributed by atoms with Gasteiger partial charge in [-0.05, 0) is 79.1 Å². The molecule has 3 aromatic carbocycles. The van der Waals surface area contributed by atoms with Crippen LogP contribution in [0.3, 0.4) is 0 Å². The number of anilines is 2. The average Bonchev–Trinajstić information content (AvgIpc) is 2.87. The Balaban J connectivity index is 1.47. The molecule has 0 unspecified atom stereocenters. The fourth-order valence-corrected chi connectivity index (χ4v) is 6.17. The van der Waals surface area contributed by atoms with Crippen LogP contribution in [0, 0.1) is 6.92 Å². The molecule has 6 nitrogen and oxygen atoms in total. The molecule has 0 saturated heterocycles. The monoisotopic (exact) mass is 492 g/mol. The molecular weight excluding hydrogens is 460 g/mol. The summed E-state index contributed by atoms with van der Waals surface area (Å²) >= 11 is 0. The molecule has 4 rings (SSSR count). The van der Waals surface area contributed by atoms with E-state index >= 15 is 0 Å². The summed E-state index contributed by atoms with van der Waals surface area (Å²) in [5.74, 6) is 0.235. The predicted molar refractivity (Wildman–Crippen MR) is 140 cm³/mol. The lowest BCUT2D eigenvalue weighted by atomic mass is 10.0. The van der Waals surface area contributed by atoms with Gasteiger partial charge in [0.2, 0.25) is 0 Å². The van der Waals surface area contributed by atoms with Crippen molar-refractivity contribution in [3.63, 3.8) is 0 Å². The van der Waals surface area contributed by atoms with Crippen LogP contribution in [0.4, 0.5) is 11.4 Å². The molecular formula is C28H32N2O4S. The number of benzene rings is 3. The minimum absolute atomic E-state index is 0.159. The summed E-state index contributed by atoms with van der Waals surface area (Å²) in [4.78, 5) is 12.9. The number of nitrogens with zero attached hydrogens (tertiary/aromatic N) is 1. The highest BCUT2D eigenvalue weighted by atomic mass is 32.2. The summed E-state index contributed by atoms with van der Waals surface area (Å²) in [6, 6.07) is 18.5. The zero-order valence-corrected chi connectivity index (χ0v) is 21.3. The number of nitrogens with one attached hydrogen (secondary N) is 1. The third-order valence-corrected chi connectivity index (χ3v) is 8.23. The number of sulfonamides is 1. The van der Waals surface area contributed by atoms with Crippen LogP contribution in [0.2, 0.25) is 0 Å². The van der Waals surface area contributed by atoms with Crippen LogP contribution in [-0.4, -0.2) is 27.5 Å². The first-order valence-corrected chi connectivity index (χ1v) is 13.5. The van der Waals surface area contributed by atoms with Crippen LogP contribution in [0.15, 0.2) is 65.6 Å². The fourth-order valence-electron chi connectivity index (χ4n) is 4.54. The van der Waals surface area contributed by atoms with Crippen LogP contribution < -0.4 is 14.4 Å². The van der Waals surface area contributed by atoms with Crippen molar-refractivity contribution in [3.05, 3.63) is 82.9 Å². The number of carbonyl (C=O) groups is 1. The SMILES string of the molecule is CCc1cccc(CC)c1NC(=O)COc1ccc(S(=O)(=O)N2CCCc3ccccc32)cc1C. The van der Waals surface area contributed by atoms with Crippen molar-refractivity contribution < 1.29 is 17.9 Å². The molecule has 1 aliphatic heterocycles. The van der Waals surface area contributed by atoms with E-state index < -0.39 is 10.0 Å². The first-order valence-electron chi connectivity index (χ1n) is 12.1. The number of hydrogen-bond acceptors (Lipinski definition) is 4. The summed E-state index contributed by atoms with van der Waals surface area (Å²) in [5.41, 5.74) is 5.47. The van der Waals surface area contributed by atoms with Crippen LogP contribution in [0.5, 0.6) is 5.75 Å². The van der Waals surface area contributed by atoms with E-state index in [1.165, 1.54) is 4.31 Å². The smallest absolute Gasteiger partial charge is 0.264 e. The zero-order chi connectivity index (χ0) is 25.0. The number of ether oxygens (including phenoxy) is 1. The van der Waals surface area contributed by atoms with E-state index in [0.29, 0.717) is 17.9 Å². The van der Waals surface area contributed by atoms with Gasteiger partial charge in [-0.1, -0.05) is 50.2 Å². The Kier molecular flexibility index (Phi) is 7.45. The lowest BCUT2D eigenvalue weighted by Gasteiger charge is -2.30.